The van der Waals surface area contributed by atoms with Gasteiger partial charge in [0.15, 0.2) is 0 Å². The third-order valence-electron chi connectivity index (χ3n) is 2.82. The van der Waals surface area contributed by atoms with E-state index in [-0.39, 0.29) is 0 Å². The van der Waals surface area contributed by atoms with Gasteiger partial charge in [0.2, 0.25) is 0 Å². The van der Waals surface area contributed by atoms with Crippen molar-refractivity contribution in [2.75, 3.05) is 46.3 Å². The normalized spacial score (nSPS) is 11.3. The Hall–Kier alpha value is -0.160. The molecule has 0 aromatic heterocycles. The lowest BCUT2D eigenvalue weighted by molar-refractivity contribution is 0.532. The number of hydrogen-bond acceptors (Lipinski definition) is 4. The minimum Gasteiger partial charge on any atom is -0.320 e. The van der Waals surface area contributed by atoms with Crippen molar-refractivity contribution in [3.05, 3.63) is 0 Å². The standard InChI is InChI=1S/C14H34N4/c1-14(2)18-13-7-12-17-10-5-4-9-16-11-6-8-15-3/h14-18H,4-13H2,1-3H3. The number of unbranched alkanes of at least 4 members (excludes halogenated alkanes) is 1. The molecule has 0 aliphatic carbocycles. The van der Waals surface area contributed by atoms with Gasteiger partial charge in [-0.3, -0.25) is 0 Å². The summed E-state index contributed by atoms with van der Waals surface area (Å²) in [6, 6.07) is 0.610. The summed E-state index contributed by atoms with van der Waals surface area (Å²) in [6.45, 7) is 11.2. The zero-order chi connectivity index (χ0) is 13.5. The zero-order valence-corrected chi connectivity index (χ0v) is 12.6. The Labute approximate surface area is 114 Å². The molecule has 0 saturated heterocycles. The molecule has 0 fully saturated rings. The highest BCUT2D eigenvalue weighted by Gasteiger charge is 1.92. The fourth-order valence-corrected chi connectivity index (χ4v) is 1.74. The second kappa shape index (κ2) is 14.9. The molecule has 4 heteroatoms. The third kappa shape index (κ3) is 15.8. The van der Waals surface area contributed by atoms with Crippen LogP contribution in [-0.2, 0) is 0 Å². The van der Waals surface area contributed by atoms with Gasteiger partial charge in [-0.2, -0.15) is 0 Å². The van der Waals surface area contributed by atoms with E-state index in [1.807, 2.05) is 7.05 Å². The summed E-state index contributed by atoms with van der Waals surface area (Å²) in [5, 5.41) is 13.5. The van der Waals surface area contributed by atoms with Crippen molar-refractivity contribution in [1.29, 1.82) is 0 Å². The highest BCUT2D eigenvalue weighted by Crippen LogP contribution is 1.86. The SMILES string of the molecule is CNCCCNCCCCNCCCNC(C)C. The van der Waals surface area contributed by atoms with Crippen LogP contribution < -0.4 is 21.3 Å². The summed E-state index contributed by atoms with van der Waals surface area (Å²) in [7, 11) is 2.00. The Morgan fingerprint density at radius 3 is 1.67 bits per heavy atom. The van der Waals surface area contributed by atoms with E-state index in [1.54, 1.807) is 0 Å². The van der Waals surface area contributed by atoms with Crippen LogP contribution in [0, 0.1) is 0 Å². The van der Waals surface area contributed by atoms with Gasteiger partial charge in [0, 0.05) is 6.04 Å². The molecule has 0 amide bonds. The van der Waals surface area contributed by atoms with Crippen LogP contribution >= 0.6 is 0 Å². The van der Waals surface area contributed by atoms with Crippen LogP contribution in [0.5, 0.6) is 0 Å². The molecule has 0 aliphatic rings. The molecule has 0 unspecified atom stereocenters. The second-order valence-electron chi connectivity index (χ2n) is 5.13. The highest BCUT2D eigenvalue weighted by molar-refractivity contribution is 4.56. The average molecular weight is 258 g/mol. The Bertz CT molecular complexity index is 151. The molecule has 0 rings (SSSR count). The Balaban J connectivity index is 2.90. The average Bonchev–Trinajstić information content (AvgIpc) is 2.34. The Morgan fingerprint density at radius 1 is 0.667 bits per heavy atom. The second-order valence-corrected chi connectivity index (χ2v) is 5.13. The lowest BCUT2D eigenvalue weighted by atomic mass is 10.3. The molecule has 4 nitrogen and oxygen atoms in total. The van der Waals surface area contributed by atoms with E-state index in [2.05, 4.69) is 35.1 Å². The van der Waals surface area contributed by atoms with Gasteiger partial charge in [0.25, 0.3) is 0 Å². The van der Waals surface area contributed by atoms with Crippen LogP contribution in [0.2, 0.25) is 0 Å². The first-order valence-electron chi connectivity index (χ1n) is 7.56. The quantitative estimate of drug-likeness (QED) is 0.350. The van der Waals surface area contributed by atoms with Crippen LogP contribution in [0.25, 0.3) is 0 Å². The van der Waals surface area contributed by atoms with Crippen molar-refractivity contribution in [2.24, 2.45) is 0 Å². The smallest absolute Gasteiger partial charge is 0.00103 e. The minimum absolute atomic E-state index is 0.610. The molecule has 0 bridgehead atoms. The molecular formula is C14H34N4. The molecule has 0 radical (unpaired) electrons. The van der Waals surface area contributed by atoms with E-state index in [0.29, 0.717) is 6.04 Å². The van der Waals surface area contributed by atoms with Gasteiger partial charge in [-0.1, -0.05) is 13.8 Å². The molecule has 110 valence electrons. The first-order chi connectivity index (χ1) is 8.77. The maximum atomic E-state index is 3.49. The summed E-state index contributed by atoms with van der Waals surface area (Å²) < 4.78 is 0. The van der Waals surface area contributed by atoms with Gasteiger partial charge in [0.1, 0.15) is 0 Å². The molecule has 0 aromatic rings. The van der Waals surface area contributed by atoms with E-state index >= 15 is 0 Å². The highest BCUT2D eigenvalue weighted by atomic mass is 14.9. The van der Waals surface area contributed by atoms with E-state index in [4.69, 9.17) is 0 Å². The van der Waals surface area contributed by atoms with Crippen molar-refractivity contribution in [3.8, 4) is 0 Å². The summed E-state index contributed by atoms with van der Waals surface area (Å²) >= 11 is 0. The summed E-state index contributed by atoms with van der Waals surface area (Å²) in [6.07, 6.45) is 4.99. The molecule has 0 saturated carbocycles. The summed E-state index contributed by atoms with van der Waals surface area (Å²) in [5.41, 5.74) is 0. The van der Waals surface area contributed by atoms with Crippen molar-refractivity contribution < 1.29 is 0 Å². The van der Waals surface area contributed by atoms with Crippen molar-refractivity contribution in [1.82, 2.24) is 21.3 Å². The van der Waals surface area contributed by atoms with Gasteiger partial charge >= 0.3 is 0 Å². The number of rotatable bonds is 14. The number of hydrogen-bond donors (Lipinski definition) is 4. The first kappa shape index (κ1) is 17.8. The Kier molecular flexibility index (Phi) is 14.8. The lowest BCUT2D eigenvalue weighted by Gasteiger charge is -2.08. The molecule has 0 spiro atoms. The van der Waals surface area contributed by atoms with Gasteiger partial charge in [0.05, 0.1) is 0 Å². The van der Waals surface area contributed by atoms with Crippen molar-refractivity contribution in [2.45, 2.75) is 45.6 Å². The van der Waals surface area contributed by atoms with Crippen LogP contribution in [0.15, 0.2) is 0 Å². The van der Waals surface area contributed by atoms with Gasteiger partial charge < -0.3 is 21.3 Å². The lowest BCUT2D eigenvalue weighted by Crippen LogP contribution is -2.27. The minimum atomic E-state index is 0.610. The third-order valence-corrected chi connectivity index (χ3v) is 2.82. The monoisotopic (exact) mass is 258 g/mol. The summed E-state index contributed by atoms with van der Waals surface area (Å²) in [5.74, 6) is 0. The van der Waals surface area contributed by atoms with Gasteiger partial charge in [-0.15, -0.1) is 0 Å². The van der Waals surface area contributed by atoms with E-state index in [0.717, 1.165) is 39.3 Å². The summed E-state index contributed by atoms with van der Waals surface area (Å²) in [4.78, 5) is 0. The molecule has 0 atom stereocenters. The molecular weight excluding hydrogens is 224 g/mol. The van der Waals surface area contributed by atoms with Crippen LogP contribution in [0.4, 0.5) is 0 Å². The Morgan fingerprint density at radius 2 is 1.17 bits per heavy atom. The van der Waals surface area contributed by atoms with E-state index in [9.17, 15) is 0 Å². The van der Waals surface area contributed by atoms with Crippen molar-refractivity contribution in [3.63, 3.8) is 0 Å². The topological polar surface area (TPSA) is 48.1 Å². The van der Waals surface area contributed by atoms with E-state index < -0.39 is 0 Å². The molecule has 0 heterocycles. The maximum Gasteiger partial charge on any atom is 0.00103 e. The molecule has 0 aliphatic heterocycles. The maximum absolute atomic E-state index is 3.49. The predicted octanol–water partition coefficient (Wildman–Crippen LogP) is 0.943. The first-order valence-corrected chi connectivity index (χ1v) is 7.56. The number of nitrogens with one attached hydrogen (secondary N) is 4. The molecule has 0 aromatic carbocycles. The van der Waals surface area contributed by atoms with Crippen LogP contribution in [0.1, 0.15) is 39.5 Å². The van der Waals surface area contributed by atoms with Crippen LogP contribution in [-0.4, -0.2) is 52.4 Å². The fourth-order valence-electron chi connectivity index (χ4n) is 1.74. The molecule has 4 N–H and O–H groups in total. The van der Waals surface area contributed by atoms with Crippen LogP contribution in [0.3, 0.4) is 0 Å². The fraction of sp³-hybridized carbons (Fsp3) is 1.00. The van der Waals surface area contributed by atoms with Gasteiger partial charge in [-0.25, -0.2) is 0 Å². The largest absolute Gasteiger partial charge is 0.320 e. The van der Waals surface area contributed by atoms with Gasteiger partial charge in [-0.05, 0) is 72.0 Å². The zero-order valence-electron chi connectivity index (χ0n) is 12.6. The predicted molar refractivity (Wildman–Crippen MR) is 81.3 cm³/mol. The molecule has 18 heavy (non-hydrogen) atoms. The van der Waals surface area contributed by atoms with Crippen molar-refractivity contribution >= 4 is 0 Å². The van der Waals surface area contributed by atoms with E-state index in [1.165, 1.54) is 25.7 Å².